The van der Waals surface area contributed by atoms with Crippen molar-refractivity contribution in [3.8, 4) is 0 Å². The number of anilines is 1. The van der Waals surface area contributed by atoms with Crippen LogP contribution in [0.2, 0.25) is 5.02 Å². The predicted molar refractivity (Wildman–Crippen MR) is 100 cm³/mol. The molecule has 1 aliphatic rings. The minimum atomic E-state index is -4.00. The standard InChI is InChI=1S/C18H16ClF2N3O2S/c1-12-5-7-13(8-6-12)27(25,26)24-15-4-2-3-14(19)16(15)17(22-24)23-10-9-18(20,21)11-23/h2-8H,9-11H2,1H3. The highest BCUT2D eigenvalue weighted by Gasteiger charge is 2.40. The number of fused-ring (bicyclic) bond motifs is 1. The summed E-state index contributed by atoms with van der Waals surface area (Å²) < 4.78 is 54.5. The third-order valence-electron chi connectivity index (χ3n) is 4.62. The Balaban J connectivity index is 1.92. The smallest absolute Gasteiger partial charge is 0.283 e. The second-order valence-electron chi connectivity index (χ2n) is 6.65. The van der Waals surface area contributed by atoms with Crippen LogP contribution in [0.4, 0.5) is 14.6 Å². The SMILES string of the molecule is Cc1ccc(S(=O)(=O)n2nc(N3CCC(F)(F)C3)c3c(Cl)cccc32)cc1. The first-order valence-electron chi connectivity index (χ1n) is 8.31. The van der Waals surface area contributed by atoms with Crippen molar-refractivity contribution in [2.75, 3.05) is 18.0 Å². The number of halogens is 3. The Kier molecular flexibility index (Phi) is 4.16. The summed E-state index contributed by atoms with van der Waals surface area (Å²) in [4.78, 5) is 1.45. The highest BCUT2D eigenvalue weighted by Crippen LogP contribution is 2.38. The molecule has 142 valence electrons. The van der Waals surface area contributed by atoms with E-state index in [1.807, 2.05) is 6.92 Å². The van der Waals surface area contributed by atoms with E-state index in [2.05, 4.69) is 5.10 Å². The zero-order chi connectivity index (χ0) is 19.4. The average Bonchev–Trinajstić information content (AvgIpc) is 3.17. The number of aromatic nitrogens is 2. The summed E-state index contributed by atoms with van der Waals surface area (Å²) in [6, 6.07) is 11.1. The summed E-state index contributed by atoms with van der Waals surface area (Å²) in [7, 11) is -4.00. The normalized spacial score (nSPS) is 17.0. The van der Waals surface area contributed by atoms with Crippen LogP contribution in [0, 0.1) is 6.92 Å². The van der Waals surface area contributed by atoms with E-state index in [9.17, 15) is 17.2 Å². The van der Waals surface area contributed by atoms with Gasteiger partial charge in [-0.25, -0.2) is 8.78 Å². The van der Waals surface area contributed by atoms with Gasteiger partial charge in [0, 0.05) is 13.0 Å². The molecule has 0 bridgehead atoms. The van der Waals surface area contributed by atoms with Crippen LogP contribution in [0.1, 0.15) is 12.0 Å². The van der Waals surface area contributed by atoms with Gasteiger partial charge in [-0.1, -0.05) is 35.4 Å². The number of benzene rings is 2. The maximum atomic E-state index is 13.7. The van der Waals surface area contributed by atoms with Crippen molar-refractivity contribution in [3.63, 3.8) is 0 Å². The fraction of sp³-hybridized carbons (Fsp3) is 0.278. The third kappa shape index (κ3) is 3.06. The largest absolute Gasteiger partial charge is 0.348 e. The quantitative estimate of drug-likeness (QED) is 0.651. The van der Waals surface area contributed by atoms with E-state index >= 15 is 0 Å². The summed E-state index contributed by atoms with van der Waals surface area (Å²) in [5, 5.41) is 4.83. The third-order valence-corrected chi connectivity index (χ3v) is 6.54. The van der Waals surface area contributed by atoms with Crippen molar-refractivity contribution < 1.29 is 17.2 Å². The van der Waals surface area contributed by atoms with Crippen LogP contribution in [-0.4, -0.2) is 36.6 Å². The van der Waals surface area contributed by atoms with Gasteiger partial charge in [-0.3, -0.25) is 0 Å². The number of hydrogen-bond donors (Lipinski definition) is 0. The summed E-state index contributed by atoms with van der Waals surface area (Å²) >= 11 is 6.28. The van der Waals surface area contributed by atoms with Crippen molar-refractivity contribution in [3.05, 3.63) is 53.1 Å². The fourth-order valence-corrected chi connectivity index (χ4v) is 4.74. The van der Waals surface area contributed by atoms with E-state index in [0.29, 0.717) is 5.39 Å². The Morgan fingerprint density at radius 2 is 1.85 bits per heavy atom. The molecule has 0 atom stereocenters. The van der Waals surface area contributed by atoms with E-state index in [-0.39, 0.29) is 34.2 Å². The molecule has 3 aromatic rings. The van der Waals surface area contributed by atoms with E-state index in [1.54, 1.807) is 30.3 Å². The van der Waals surface area contributed by atoms with Crippen molar-refractivity contribution in [2.45, 2.75) is 24.2 Å². The zero-order valence-corrected chi connectivity index (χ0v) is 15.9. The van der Waals surface area contributed by atoms with Gasteiger partial charge >= 0.3 is 0 Å². The van der Waals surface area contributed by atoms with Gasteiger partial charge in [0.05, 0.1) is 27.4 Å². The molecule has 0 unspecified atom stereocenters. The van der Waals surface area contributed by atoms with Crippen molar-refractivity contribution in [1.82, 2.24) is 9.19 Å². The van der Waals surface area contributed by atoms with E-state index in [4.69, 9.17) is 11.6 Å². The molecule has 2 aromatic carbocycles. The summed E-state index contributed by atoms with van der Waals surface area (Å²) in [6.07, 6.45) is -0.309. The molecule has 1 aliphatic heterocycles. The lowest BCUT2D eigenvalue weighted by atomic mass is 10.2. The molecular weight excluding hydrogens is 396 g/mol. The number of alkyl halides is 2. The van der Waals surface area contributed by atoms with Gasteiger partial charge in [0.15, 0.2) is 5.82 Å². The number of aryl methyl sites for hydroxylation is 1. The Bertz CT molecular complexity index is 1130. The van der Waals surface area contributed by atoms with Gasteiger partial charge in [-0.05, 0) is 31.2 Å². The zero-order valence-electron chi connectivity index (χ0n) is 14.4. The lowest BCUT2D eigenvalue weighted by Gasteiger charge is -2.15. The fourth-order valence-electron chi connectivity index (χ4n) is 3.21. The van der Waals surface area contributed by atoms with Gasteiger partial charge in [0.25, 0.3) is 15.9 Å². The molecular formula is C18H16ClF2N3O2S. The Morgan fingerprint density at radius 3 is 2.48 bits per heavy atom. The number of rotatable bonds is 3. The van der Waals surface area contributed by atoms with Crippen molar-refractivity contribution in [1.29, 1.82) is 0 Å². The van der Waals surface area contributed by atoms with Crippen LogP contribution in [0.5, 0.6) is 0 Å². The van der Waals surface area contributed by atoms with Crippen LogP contribution in [0.25, 0.3) is 10.9 Å². The minimum Gasteiger partial charge on any atom is -0.348 e. The highest BCUT2D eigenvalue weighted by molar-refractivity contribution is 7.90. The summed E-state index contributed by atoms with van der Waals surface area (Å²) in [5.74, 6) is -2.68. The first-order valence-corrected chi connectivity index (χ1v) is 10.1. The molecule has 0 saturated carbocycles. The minimum absolute atomic E-state index is 0.0655. The molecule has 0 spiro atoms. The maximum absolute atomic E-state index is 13.7. The maximum Gasteiger partial charge on any atom is 0.283 e. The molecule has 1 aromatic heterocycles. The second kappa shape index (κ2) is 6.17. The van der Waals surface area contributed by atoms with Crippen molar-refractivity contribution in [2.24, 2.45) is 0 Å². The number of nitrogens with zero attached hydrogens (tertiary/aromatic N) is 3. The average molecular weight is 412 g/mol. The molecule has 27 heavy (non-hydrogen) atoms. The topological polar surface area (TPSA) is 55.2 Å². The molecule has 0 amide bonds. The first kappa shape index (κ1) is 18.2. The molecule has 2 heterocycles. The van der Waals surface area contributed by atoms with E-state index in [0.717, 1.165) is 9.65 Å². The molecule has 0 N–H and O–H groups in total. The molecule has 4 rings (SSSR count). The van der Waals surface area contributed by atoms with Crippen molar-refractivity contribution >= 4 is 38.3 Å². The van der Waals surface area contributed by atoms with Gasteiger partial charge < -0.3 is 4.90 Å². The first-order chi connectivity index (χ1) is 12.7. The molecule has 0 aliphatic carbocycles. The van der Waals surface area contributed by atoms with Crippen LogP contribution in [-0.2, 0) is 10.0 Å². The van der Waals surface area contributed by atoms with Crippen LogP contribution < -0.4 is 4.90 Å². The van der Waals surface area contributed by atoms with Gasteiger partial charge in [0.2, 0.25) is 0 Å². The predicted octanol–water partition coefficient (Wildman–Crippen LogP) is 4.08. The summed E-state index contributed by atoms with van der Waals surface area (Å²) in [6.45, 7) is 1.41. The summed E-state index contributed by atoms with van der Waals surface area (Å²) in [5.41, 5.74) is 1.18. The van der Waals surface area contributed by atoms with E-state index < -0.39 is 22.5 Å². The van der Waals surface area contributed by atoms with Crippen LogP contribution >= 0.6 is 11.6 Å². The second-order valence-corrected chi connectivity index (χ2v) is 8.82. The molecule has 5 nitrogen and oxygen atoms in total. The molecule has 1 fully saturated rings. The Labute approximate surface area is 160 Å². The Hall–Kier alpha value is -2.19. The molecule has 9 heteroatoms. The lowest BCUT2D eigenvalue weighted by Crippen LogP contribution is -2.25. The van der Waals surface area contributed by atoms with Gasteiger partial charge in [-0.15, -0.1) is 5.10 Å². The lowest BCUT2D eigenvalue weighted by molar-refractivity contribution is 0.0257. The van der Waals surface area contributed by atoms with Gasteiger partial charge in [-0.2, -0.15) is 12.5 Å². The van der Waals surface area contributed by atoms with Crippen LogP contribution in [0.3, 0.4) is 0 Å². The van der Waals surface area contributed by atoms with Crippen LogP contribution in [0.15, 0.2) is 47.4 Å². The molecule has 1 saturated heterocycles. The number of hydrogen-bond acceptors (Lipinski definition) is 4. The Morgan fingerprint density at radius 1 is 1.15 bits per heavy atom. The highest BCUT2D eigenvalue weighted by atomic mass is 35.5. The monoisotopic (exact) mass is 411 g/mol. The molecule has 0 radical (unpaired) electrons. The van der Waals surface area contributed by atoms with Gasteiger partial charge in [0.1, 0.15) is 0 Å². The van der Waals surface area contributed by atoms with E-state index in [1.165, 1.54) is 17.0 Å².